The van der Waals surface area contributed by atoms with Crippen molar-refractivity contribution in [2.24, 2.45) is 0 Å². The largest absolute Gasteiger partial charge is 0.346 e. The first-order valence-corrected chi connectivity index (χ1v) is 10.3. The van der Waals surface area contributed by atoms with Gasteiger partial charge in [-0.05, 0) is 59.0 Å². The molecule has 0 saturated carbocycles. The second-order valence-corrected chi connectivity index (χ2v) is 7.85. The van der Waals surface area contributed by atoms with Crippen LogP contribution in [0.15, 0.2) is 84.5 Å². The number of aromatic nitrogens is 3. The van der Waals surface area contributed by atoms with Crippen LogP contribution in [-0.2, 0) is 6.54 Å². The standard InChI is InChI=1S/C23H17FN4OS/c24-18-6-3-16(4-7-18)17-5-8-19-9-10-22(27(19)15-17)28-12-11-21(26-28)23(29)25-14-20-2-1-13-30-20/h1-13,15H,14H2,(H,25,29). The summed E-state index contributed by atoms with van der Waals surface area (Å²) in [6, 6.07) is 20.0. The van der Waals surface area contributed by atoms with Crippen molar-refractivity contribution in [2.45, 2.75) is 6.54 Å². The Morgan fingerprint density at radius 2 is 1.80 bits per heavy atom. The number of benzene rings is 1. The minimum absolute atomic E-state index is 0.213. The molecule has 0 bridgehead atoms. The van der Waals surface area contributed by atoms with Crippen LogP contribution in [0.1, 0.15) is 15.4 Å². The van der Waals surface area contributed by atoms with Gasteiger partial charge < -0.3 is 9.72 Å². The van der Waals surface area contributed by atoms with Crippen molar-refractivity contribution >= 4 is 22.8 Å². The second kappa shape index (κ2) is 7.61. The molecule has 148 valence electrons. The third-order valence-corrected chi connectivity index (χ3v) is 5.74. The van der Waals surface area contributed by atoms with E-state index in [4.69, 9.17) is 0 Å². The summed E-state index contributed by atoms with van der Waals surface area (Å²) in [6.07, 6.45) is 3.75. The number of carbonyl (C=O) groups excluding carboxylic acids is 1. The molecule has 4 heterocycles. The van der Waals surface area contributed by atoms with E-state index in [-0.39, 0.29) is 11.7 Å². The highest BCUT2D eigenvalue weighted by Crippen LogP contribution is 2.23. The van der Waals surface area contributed by atoms with Crippen molar-refractivity contribution in [3.05, 3.63) is 101 Å². The molecule has 0 spiro atoms. The Kier molecular flexibility index (Phi) is 4.65. The third-order valence-electron chi connectivity index (χ3n) is 4.87. The molecule has 5 nitrogen and oxygen atoms in total. The summed E-state index contributed by atoms with van der Waals surface area (Å²) in [5.41, 5.74) is 3.24. The Hall–Kier alpha value is -3.71. The van der Waals surface area contributed by atoms with Crippen molar-refractivity contribution in [1.29, 1.82) is 0 Å². The van der Waals surface area contributed by atoms with Gasteiger partial charge >= 0.3 is 0 Å². The van der Waals surface area contributed by atoms with Crippen molar-refractivity contribution in [3.8, 4) is 16.9 Å². The Balaban J connectivity index is 1.42. The van der Waals surface area contributed by atoms with Gasteiger partial charge in [-0.3, -0.25) is 4.79 Å². The monoisotopic (exact) mass is 416 g/mol. The minimum atomic E-state index is -0.261. The topological polar surface area (TPSA) is 51.3 Å². The van der Waals surface area contributed by atoms with Crippen LogP contribution in [-0.4, -0.2) is 20.1 Å². The molecule has 0 aliphatic carbocycles. The molecule has 0 atom stereocenters. The Labute approximate surface area is 176 Å². The maximum atomic E-state index is 13.2. The SMILES string of the molecule is O=C(NCc1cccs1)c1ccn(-c2ccc3ccc(-c4ccc(F)cc4)cn23)n1. The van der Waals surface area contributed by atoms with Gasteiger partial charge in [-0.1, -0.05) is 24.3 Å². The fourth-order valence-corrected chi connectivity index (χ4v) is 3.97. The first-order chi connectivity index (χ1) is 14.7. The van der Waals surface area contributed by atoms with E-state index in [1.807, 2.05) is 52.4 Å². The van der Waals surface area contributed by atoms with Gasteiger partial charge in [-0.25, -0.2) is 9.07 Å². The second-order valence-electron chi connectivity index (χ2n) is 6.82. The molecule has 0 radical (unpaired) electrons. The van der Waals surface area contributed by atoms with E-state index in [0.29, 0.717) is 12.2 Å². The van der Waals surface area contributed by atoms with E-state index in [0.717, 1.165) is 27.3 Å². The maximum absolute atomic E-state index is 13.2. The van der Waals surface area contributed by atoms with Gasteiger partial charge in [0, 0.05) is 22.8 Å². The van der Waals surface area contributed by atoms with Crippen molar-refractivity contribution in [3.63, 3.8) is 0 Å². The quantitative estimate of drug-likeness (QED) is 0.442. The summed E-state index contributed by atoms with van der Waals surface area (Å²) in [4.78, 5) is 13.5. The Morgan fingerprint density at radius 3 is 2.60 bits per heavy atom. The highest BCUT2D eigenvalue weighted by atomic mass is 32.1. The van der Waals surface area contributed by atoms with E-state index in [2.05, 4.69) is 10.4 Å². The molecule has 1 amide bonds. The molecule has 0 unspecified atom stereocenters. The highest BCUT2D eigenvalue weighted by molar-refractivity contribution is 7.09. The van der Waals surface area contributed by atoms with Gasteiger partial charge in [-0.15, -0.1) is 11.3 Å². The number of hydrogen-bond donors (Lipinski definition) is 1. The number of halogens is 1. The number of pyridine rings is 1. The lowest BCUT2D eigenvalue weighted by atomic mass is 10.1. The zero-order valence-corrected chi connectivity index (χ0v) is 16.6. The number of hydrogen-bond acceptors (Lipinski definition) is 3. The number of rotatable bonds is 5. The van der Waals surface area contributed by atoms with Crippen LogP contribution >= 0.6 is 11.3 Å². The average Bonchev–Trinajstić information content (AvgIpc) is 3.52. The summed E-state index contributed by atoms with van der Waals surface area (Å²) in [5.74, 6) is 0.337. The van der Waals surface area contributed by atoms with Gasteiger partial charge in [0.25, 0.3) is 5.91 Å². The lowest BCUT2D eigenvalue weighted by Crippen LogP contribution is -2.23. The first-order valence-electron chi connectivity index (χ1n) is 9.41. The minimum Gasteiger partial charge on any atom is -0.346 e. The van der Waals surface area contributed by atoms with Gasteiger partial charge in [0.05, 0.1) is 6.54 Å². The highest BCUT2D eigenvalue weighted by Gasteiger charge is 2.12. The fourth-order valence-electron chi connectivity index (χ4n) is 3.33. The van der Waals surface area contributed by atoms with Crippen LogP contribution in [0.2, 0.25) is 0 Å². The van der Waals surface area contributed by atoms with Crippen LogP contribution in [0.25, 0.3) is 22.5 Å². The first kappa shape index (κ1) is 18.3. The predicted molar refractivity (Wildman–Crippen MR) is 115 cm³/mol. The molecule has 4 aromatic heterocycles. The van der Waals surface area contributed by atoms with Crippen molar-refractivity contribution in [1.82, 2.24) is 19.5 Å². The molecule has 0 saturated heterocycles. The number of nitrogens with zero attached hydrogens (tertiary/aromatic N) is 3. The lowest BCUT2D eigenvalue weighted by Gasteiger charge is -2.07. The summed E-state index contributed by atoms with van der Waals surface area (Å²) in [7, 11) is 0. The summed E-state index contributed by atoms with van der Waals surface area (Å²) < 4.78 is 16.9. The van der Waals surface area contributed by atoms with Crippen LogP contribution in [0.4, 0.5) is 4.39 Å². The van der Waals surface area contributed by atoms with Crippen LogP contribution in [0.3, 0.4) is 0 Å². The number of carbonyl (C=O) groups is 1. The van der Waals surface area contributed by atoms with Gasteiger partial charge in [-0.2, -0.15) is 5.10 Å². The number of nitrogens with one attached hydrogen (secondary N) is 1. The Bertz CT molecular complexity index is 1320. The smallest absolute Gasteiger partial charge is 0.272 e. The molecule has 7 heteroatoms. The average molecular weight is 416 g/mol. The summed E-state index contributed by atoms with van der Waals surface area (Å²) in [6.45, 7) is 0.485. The normalized spacial score (nSPS) is 11.1. The lowest BCUT2D eigenvalue weighted by molar-refractivity contribution is 0.0946. The predicted octanol–water partition coefficient (Wildman–Crippen LogP) is 4.92. The van der Waals surface area contributed by atoms with Gasteiger partial charge in [0.1, 0.15) is 11.6 Å². The number of fused-ring (bicyclic) bond motifs is 1. The molecule has 1 N–H and O–H groups in total. The molecule has 5 aromatic rings. The van der Waals surface area contributed by atoms with E-state index in [9.17, 15) is 9.18 Å². The van der Waals surface area contributed by atoms with Crippen LogP contribution in [0.5, 0.6) is 0 Å². The van der Waals surface area contributed by atoms with Crippen LogP contribution in [0, 0.1) is 5.82 Å². The van der Waals surface area contributed by atoms with Gasteiger partial charge in [0.15, 0.2) is 5.69 Å². The summed E-state index contributed by atoms with van der Waals surface area (Å²) >= 11 is 1.60. The molecule has 0 aliphatic heterocycles. The third kappa shape index (κ3) is 3.51. The molecule has 0 fully saturated rings. The molecule has 0 aliphatic rings. The number of amides is 1. The summed E-state index contributed by atoms with van der Waals surface area (Å²) in [5, 5.41) is 9.33. The molecular weight excluding hydrogens is 399 g/mol. The van der Waals surface area contributed by atoms with E-state index in [1.165, 1.54) is 12.1 Å². The maximum Gasteiger partial charge on any atom is 0.272 e. The van der Waals surface area contributed by atoms with E-state index in [1.54, 1.807) is 40.4 Å². The molecule has 30 heavy (non-hydrogen) atoms. The van der Waals surface area contributed by atoms with Crippen molar-refractivity contribution in [2.75, 3.05) is 0 Å². The number of thiophene rings is 1. The zero-order chi connectivity index (χ0) is 20.5. The zero-order valence-electron chi connectivity index (χ0n) is 15.8. The Morgan fingerprint density at radius 1 is 1.00 bits per heavy atom. The molecule has 5 rings (SSSR count). The van der Waals surface area contributed by atoms with Crippen LogP contribution < -0.4 is 5.32 Å². The fraction of sp³-hybridized carbons (Fsp3) is 0.0435. The van der Waals surface area contributed by atoms with Crippen molar-refractivity contribution < 1.29 is 9.18 Å². The molecular formula is C23H17FN4OS. The van der Waals surface area contributed by atoms with Gasteiger partial charge in [0.2, 0.25) is 0 Å². The molecule has 1 aromatic carbocycles. The van der Waals surface area contributed by atoms with E-state index < -0.39 is 0 Å². The van der Waals surface area contributed by atoms with E-state index >= 15 is 0 Å².